The largest absolute Gasteiger partial charge is 0.378 e. The molecular weight excluding hydrogens is 282 g/mol. The topological polar surface area (TPSA) is 75.9 Å². The average Bonchev–Trinajstić information content (AvgIpc) is 2.90. The molecule has 0 radical (unpaired) electrons. The van der Waals surface area contributed by atoms with Gasteiger partial charge in [0.2, 0.25) is 11.8 Å². The van der Waals surface area contributed by atoms with Crippen LogP contribution in [0.3, 0.4) is 0 Å². The molecule has 2 fully saturated rings. The number of anilines is 2. The first kappa shape index (κ1) is 14.8. The zero-order valence-corrected chi connectivity index (χ0v) is 12.7. The van der Waals surface area contributed by atoms with Crippen molar-refractivity contribution >= 4 is 23.2 Å². The van der Waals surface area contributed by atoms with Gasteiger partial charge < -0.3 is 20.3 Å². The van der Waals surface area contributed by atoms with Crippen molar-refractivity contribution in [2.75, 3.05) is 42.6 Å². The minimum atomic E-state index is -0.404. The van der Waals surface area contributed by atoms with Crippen LogP contribution in [0.2, 0.25) is 0 Å². The Bertz CT molecular complexity index is 596. The molecule has 3 rings (SSSR count). The van der Waals surface area contributed by atoms with E-state index in [1.807, 2.05) is 19.1 Å². The van der Waals surface area contributed by atoms with E-state index in [-0.39, 0.29) is 18.2 Å². The van der Waals surface area contributed by atoms with Gasteiger partial charge in [-0.2, -0.15) is 0 Å². The van der Waals surface area contributed by atoms with Crippen LogP contribution in [0.25, 0.3) is 0 Å². The van der Waals surface area contributed by atoms with Crippen molar-refractivity contribution < 1.29 is 14.3 Å². The molecule has 0 saturated carbocycles. The van der Waals surface area contributed by atoms with Crippen molar-refractivity contribution in [2.24, 2.45) is 11.7 Å². The van der Waals surface area contributed by atoms with Gasteiger partial charge in [-0.3, -0.25) is 9.59 Å². The van der Waals surface area contributed by atoms with Gasteiger partial charge in [0.15, 0.2) is 0 Å². The molecule has 22 heavy (non-hydrogen) atoms. The highest BCUT2D eigenvalue weighted by molar-refractivity contribution is 6.00. The molecule has 6 nitrogen and oxygen atoms in total. The number of nitrogens with two attached hydrogens (primary N) is 1. The molecule has 1 atom stereocenters. The third kappa shape index (κ3) is 2.78. The predicted molar refractivity (Wildman–Crippen MR) is 83.9 cm³/mol. The molecule has 0 spiro atoms. The maximum absolute atomic E-state index is 12.1. The minimum absolute atomic E-state index is 0.0361. The molecule has 118 valence electrons. The molecule has 2 N–H and O–H groups in total. The van der Waals surface area contributed by atoms with Gasteiger partial charge in [0.1, 0.15) is 0 Å². The van der Waals surface area contributed by atoms with Crippen molar-refractivity contribution in [1.82, 2.24) is 0 Å². The summed E-state index contributed by atoms with van der Waals surface area (Å²) in [5.74, 6) is -0.824. The molecule has 1 aromatic carbocycles. The van der Waals surface area contributed by atoms with Gasteiger partial charge in [-0.1, -0.05) is 0 Å². The van der Waals surface area contributed by atoms with E-state index < -0.39 is 5.91 Å². The van der Waals surface area contributed by atoms with Crippen molar-refractivity contribution in [3.8, 4) is 0 Å². The lowest BCUT2D eigenvalue weighted by molar-refractivity contribution is -0.123. The summed E-state index contributed by atoms with van der Waals surface area (Å²) in [4.78, 5) is 27.4. The minimum Gasteiger partial charge on any atom is -0.378 e. The van der Waals surface area contributed by atoms with Crippen LogP contribution in [0.15, 0.2) is 18.2 Å². The SMILES string of the molecule is Cc1cc(N2CCOCC2)ccc1N1CC(C(N)=O)CC1=O. The first-order valence-electron chi connectivity index (χ1n) is 7.59. The fourth-order valence-corrected chi connectivity index (χ4v) is 3.09. The quantitative estimate of drug-likeness (QED) is 0.890. The van der Waals surface area contributed by atoms with E-state index in [9.17, 15) is 9.59 Å². The molecule has 0 aliphatic carbocycles. The van der Waals surface area contributed by atoms with E-state index in [1.54, 1.807) is 4.90 Å². The smallest absolute Gasteiger partial charge is 0.227 e. The van der Waals surface area contributed by atoms with E-state index in [4.69, 9.17) is 10.5 Å². The monoisotopic (exact) mass is 303 g/mol. The van der Waals surface area contributed by atoms with Crippen LogP contribution in [0, 0.1) is 12.8 Å². The van der Waals surface area contributed by atoms with Crippen molar-refractivity contribution in [2.45, 2.75) is 13.3 Å². The Morgan fingerprint density at radius 2 is 2.05 bits per heavy atom. The van der Waals surface area contributed by atoms with E-state index >= 15 is 0 Å². The summed E-state index contributed by atoms with van der Waals surface area (Å²) in [6.45, 7) is 5.61. The molecule has 1 aromatic rings. The summed E-state index contributed by atoms with van der Waals surface area (Å²) in [5, 5.41) is 0. The van der Waals surface area contributed by atoms with E-state index in [0.717, 1.165) is 43.2 Å². The third-order valence-electron chi connectivity index (χ3n) is 4.37. The van der Waals surface area contributed by atoms with E-state index in [0.29, 0.717) is 6.54 Å². The Hall–Kier alpha value is -2.08. The lowest BCUT2D eigenvalue weighted by Crippen LogP contribution is -2.36. The molecule has 0 bridgehead atoms. The lowest BCUT2D eigenvalue weighted by atomic mass is 10.1. The van der Waals surface area contributed by atoms with E-state index in [2.05, 4.69) is 11.0 Å². The Labute approximate surface area is 129 Å². The van der Waals surface area contributed by atoms with Crippen LogP contribution in [0.5, 0.6) is 0 Å². The number of rotatable bonds is 3. The second-order valence-corrected chi connectivity index (χ2v) is 5.88. The van der Waals surface area contributed by atoms with Crippen molar-refractivity contribution in [3.05, 3.63) is 23.8 Å². The van der Waals surface area contributed by atoms with Gasteiger partial charge in [-0.25, -0.2) is 0 Å². The van der Waals surface area contributed by atoms with Crippen LogP contribution in [-0.2, 0) is 14.3 Å². The molecule has 6 heteroatoms. The maximum atomic E-state index is 12.1. The third-order valence-corrected chi connectivity index (χ3v) is 4.37. The average molecular weight is 303 g/mol. The summed E-state index contributed by atoms with van der Waals surface area (Å²) in [6, 6.07) is 6.07. The summed E-state index contributed by atoms with van der Waals surface area (Å²) in [5.41, 5.74) is 8.36. The van der Waals surface area contributed by atoms with Gasteiger partial charge in [0.25, 0.3) is 0 Å². The molecule has 2 heterocycles. The Morgan fingerprint density at radius 1 is 1.32 bits per heavy atom. The highest BCUT2D eigenvalue weighted by atomic mass is 16.5. The Morgan fingerprint density at radius 3 is 2.64 bits per heavy atom. The van der Waals surface area contributed by atoms with Gasteiger partial charge in [-0.05, 0) is 30.7 Å². The van der Waals surface area contributed by atoms with Crippen LogP contribution >= 0.6 is 0 Å². The zero-order valence-electron chi connectivity index (χ0n) is 12.7. The molecule has 2 amide bonds. The van der Waals surface area contributed by atoms with Gasteiger partial charge in [0, 0.05) is 37.4 Å². The molecule has 2 aliphatic rings. The first-order chi connectivity index (χ1) is 10.6. The highest BCUT2D eigenvalue weighted by Crippen LogP contribution is 2.30. The number of morpholine rings is 1. The fraction of sp³-hybridized carbons (Fsp3) is 0.500. The zero-order chi connectivity index (χ0) is 15.7. The van der Waals surface area contributed by atoms with Crippen LogP contribution < -0.4 is 15.5 Å². The number of hydrogen-bond acceptors (Lipinski definition) is 4. The number of primary amides is 1. The predicted octanol–water partition coefficient (Wildman–Crippen LogP) is 0.670. The van der Waals surface area contributed by atoms with Gasteiger partial charge in [0.05, 0.1) is 19.1 Å². The summed E-state index contributed by atoms with van der Waals surface area (Å²) in [7, 11) is 0. The summed E-state index contributed by atoms with van der Waals surface area (Å²) >= 11 is 0. The van der Waals surface area contributed by atoms with Crippen molar-refractivity contribution in [3.63, 3.8) is 0 Å². The number of amides is 2. The second-order valence-electron chi connectivity index (χ2n) is 5.88. The first-order valence-corrected chi connectivity index (χ1v) is 7.59. The Kier molecular flexibility index (Phi) is 4.02. The highest BCUT2D eigenvalue weighted by Gasteiger charge is 2.34. The number of carbonyl (C=O) groups excluding carboxylic acids is 2. The van der Waals surface area contributed by atoms with Crippen LogP contribution in [-0.4, -0.2) is 44.7 Å². The normalized spacial score (nSPS) is 22.2. The fourth-order valence-electron chi connectivity index (χ4n) is 3.09. The number of nitrogens with zero attached hydrogens (tertiary/aromatic N) is 2. The van der Waals surface area contributed by atoms with E-state index in [1.165, 1.54) is 0 Å². The molecule has 0 aromatic heterocycles. The molecular formula is C16H21N3O3. The summed E-state index contributed by atoms with van der Waals surface area (Å²) < 4.78 is 5.37. The number of ether oxygens (including phenoxy) is 1. The second kappa shape index (κ2) is 5.96. The lowest BCUT2D eigenvalue weighted by Gasteiger charge is -2.30. The number of aryl methyl sites for hydroxylation is 1. The number of hydrogen-bond donors (Lipinski definition) is 1. The standard InChI is InChI=1S/C16H21N3O3/c1-11-8-13(18-4-6-22-7-5-18)2-3-14(11)19-10-12(16(17)21)9-15(19)20/h2-3,8,12H,4-7,9-10H2,1H3,(H2,17,21). The van der Waals surface area contributed by atoms with Crippen LogP contribution in [0.4, 0.5) is 11.4 Å². The number of carbonyl (C=O) groups is 2. The molecule has 2 saturated heterocycles. The Balaban J connectivity index is 1.80. The van der Waals surface area contributed by atoms with Crippen LogP contribution in [0.1, 0.15) is 12.0 Å². The van der Waals surface area contributed by atoms with Crippen molar-refractivity contribution in [1.29, 1.82) is 0 Å². The van der Waals surface area contributed by atoms with Gasteiger partial charge >= 0.3 is 0 Å². The maximum Gasteiger partial charge on any atom is 0.227 e. The molecule has 1 unspecified atom stereocenters. The number of benzene rings is 1. The van der Waals surface area contributed by atoms with Gasteiger partial charge in [-0.15, -0.1) is 0 Å². The molecule has 2 aliphatic heterocycles. The summed E-state index contributed by atoms with van der Waals surface area (Å²) in [6.07, 6.45) is 0.208.